The van der Waals surface area contributed by atoms with Gasteiger partial charge < -0.3 is 4.74 Å². The average molecular weight is 586 g/mol. The first kappa shape index (κ1) is 28.8. The lowest BCUT2D eigenvalue weighted by molar-refractivity contribution is -0.122. The molecule has 1 fully saturated rings. The van der Waals surface area contributed by atoms with Crippen molar-refractivity contribution in [1.82, 2.24) is 14.7 Å². The third-order valence-electron chi connectivity index (χ3n) is 6.86. The van der Waals surface area contributed by atoms with Crippen molar-refractivity contribution in [3.8, 4) is 22.7 Å². The number of rotatable bonds is 12. The van der Waals surface area contributed by atoms with Crippen LogP contribution in [0.15, 0.2) is 90.0 Å². The largest absolute Gasteiger partial charge is 0.489 e. The van der Waals surface area contributed by atoms with Gasteiger partial charge in [-0.15, -0.1) is 0 Å². The minimum absolute atomic E-state index is 0.0431. The number of ether oxygens (including phenoxy) is 1. The Balaban J connectivity index is 1.37. The van der Waals surface area contributed by atoms with Gasteiger partial charge in [0, 0.05) is 23.9 Å². The van der Waals surface area contributed by atoms with Gasteiger partial charge in [0.25, 0.3) is 5.91 Å². The second-order valence-corrected chi connectivity index (χ2v) is 11.6. The van der Waals surface area contributed by atoms with Crippen LogP contribution >= 0.6 is 24.0 Å². The maximum Gasteiger partial charge on any atom is 0.266 e. The van der Waals surface area contributed by atoms with Gasteiger partial charge in [0.05, 0.1) is 16.3 Å². The van der Waals surface area contributed by atoms with E-state index in [9.17, 15) is 9.18 Å². The molecule has 8 heteroatoms. The fraction of sp³-hybridized carbons (Fsp3) is 0.242. The second-order valence-electron chi connectivity index (χ2n) is 9.90. The summed E-state index contributed by atoms with van der Waals surface area (Å²) in [7, 11) is 0. The van der Waals surface area contributed by atoms with E-state index in [1.54, 1.807) is 17.0 Å². The topological polar surface area (TPSA) is 47.4 Å². The molecule has 5 nitrogen and oxygen atoms in total. The number of nitrogens with zero attached hydrogens (tertiary/aromatic N) is 3. The summed E-state index contributed by atoms with van der Waals surface area (Å²) in [5.74, 6) is 0.383. The fourth-order valence-corrected chi connectivity index (χ4v) is 5.89. The zero-order chi connectivity index (χ0) is 28.6. The van der Waals surface area contributed by atoms with Crippen molar-refractivity contribution in [2.75, 3.05) is 6.54 Å². The second kappa shape index (κ2) is 13.7. The molecule has 1 aliphatic heterocycles. The number of amides is 1. The van der Waals surface area contributed by atoms with Crippen LogP contribution in [-0.4, -0.2) is 31.5 Å². The molecule has 5 rings (SSSR count). The van der Waals surface area contributed by atoms with Crippen LogP contribution in [0, 0.1) is 5.82 Å². The van der Waals surface area contributed by atoms with Gasteiger partial charge in [0.1, 0.15) is 22.5 Å². The number of carbonyl (C=O) groups is 1. The summed E-state index contributed by atoms with van der Waals surface area (Å²) in [5.41, 5.74) is 4.29. The number of halogens is 1. The molecule has 1 amide bonds. The number of para-hydroxylation sites is 1. The first-order chi connectivity index (χ1) is 20.0. The molecule has 0 spiro atoms. The van der Waals surface area contributed by atoms with E-state index in [1.807, 2.05) is 71.6 Å². The zero-order valence-corrected chi connectivity index (χ0v) is 24.6. The molecule has 0 saturated carbocycles. The van der Waals surface area contributed by atoms with E-state index in [0.29, 0.717) is 28.1 Å². The summed E-state index contributed by atoms with van der Waals surface area (Å²) in [4.78, 5) is 15.6. The Hall–Kier alpha value is -3.75. The number of thiocarbonyl (C=S) groups is 1. The molecule has 2 heterocycles. The van der Waals surface area contributed by atoms with Crippen molar-refractivity contribution in [2.45, 2.75) is 45.6 Å². The molecule has 0 radical (unpaired) electrons. The summed E-state index contributed by atoms with van der Waals surface area (Å²) < 4.78 is 21.5. The molecule has 4 aromatic rings. The summed E-state index contributed by atoms with van der Waals surface area (Å²) in [6.45, 7) is 3.19. The van der Waals surface area contributed by atoms with Gasteiger partial charge in [-0.2, -0.15) is 5.10 Å². The Bertz CT molecular complexity index is 1520. The molecule has 0 bridgehead atoms. The van der Waals surface area contributed by atoms with Crippen molar-refractivity contribution in [1.29, 1.82) is 0 Å². The highest BCUT2D eigenvalue weighted by molar-refractivity contribution is 8.26. The van der Waals surface area contributed by atoms with Crippen LogP contribution in [0.3, 0.4) is 0 Å². The maximum absolute atomic E-state index is 13.3. The van der Waals surface area contributed by atoms with E-state index < -0.39 is 0 Å². The molecule has 1 aliphatic rings. The Kier molecular flexibility index (Phi) is 9.64. The molecule has 3 aromatic carbocycles. The highest BCUT2D eigenvalue weighted by atomic mass is 32.2. The number of thioether (sulfide) groups is 1. The number of hydrogen-bond donors (Lipinski definition) is 0. The smallest absolute Gasteiger partial charge is 0.266 e. The minimum Gasteiger partial charge on any atom is -0.489 e. The van der Waals surface area contributed by atoms with Crippen LogP contribution in [0.2, 0.25) is 0 Å². The van der Waals surface area contributed by atoms with Gasteiger partial charge in [-0.3, -0.25) is 9.69 Å². The van der Waals surface area contributed by atoms with E-state index in [4.69, 9.17) is 22.1 Å². The Morgan fingerprint density at radius 1 is 0.951 bits per heavy atom. The number of benzene rings is 3. The van der Waals surface area contributed by atoms with Crippen molar-refractivity contribution in [2.24, 2.45) is 0 Å². The third-order valence-corrected chi connectivity index (χ3v) is 8.23. The normalized spacial score (nSPS) is 14.3. The van der Waals surface area contributed by atoms with E-state index >= 15 is 0 Å². The molecule has 41 heavy (non-hydrogen) atoms. The lowest BCUT2D eigenvalue weighted by atomic mass is 10.1. The first-order valence-electron chi connectivity index (χ1n) is 13.9. The van der Waals surface area contributed by atoms with E-state index in [1.165, 1.54) is 43.2 Å². The summed E-state index contributed by atoms with van der Waals surface area (Å²) >= 11 is 6.92. The predicted octanol–water partition coefficient (Wildman–Crippen LogP) is 8.43. The lowest BCUT2D eigenvalue weighted by Crippen LogP contribution is -2.29. The third kappa shape index (κ3) is 7.31. The standard InChI is InChI=1S/C33H32FN3O2S2/c1-2-3-4-5-9-20-36-32(38)30(41-33(36)40)21-26-22-37(28-10-7-6-8-11-28)35-31(26)25-14-18-29(19-15-25)39-23-24-12-16-27(34)17-13-24/h6-8,10-19,21-22H,2-5,9,20,23H2,1H3. The van der Waals surface area contributed by atoms with Crippen LogP contribution in [0.4, 0.5) is 4.39 Å². The SMILES string of the molecule is CCCCCCCN1C(=O)C(=Cc2cn(-c3ccccc3)nc2-c2ccc(OCc3ccc(F)cc3)cc2)SC1=S. The number of hydrogen-bond acceptors (Lipinski definition) is 5. The highest BCUT2D eigenvalue weighted by Crippen LogP contribution is 2.35. The first-order valence-corrected chi connectivity index (χ1v) is 15.1. The average Bonchev–Trinajstić information content (AvgIpc) is 3.53. The molecule has 0 aliphatic carbocycles. The molecule has 1 aromatic heterocycles. The molecule has 0 unspecified atom stereocenters. The molecular weight excluding hydrogens is 554 g/mol. The van der Waals surface area contributed by atoms with Crippen molar-refractivity contribution in [3.63, 3.8) is 0 Å². The molecule has 0 atom stereocenters. The van der Waals surface area contributed by atoms with Gasteiger partial charge in [-0.25, -0.2) is 9.07 Å². The molecular formula is C33H32FN3O2S2. The Labute approximate surface area is 250 Å². The number of carbonyl (C=O) groups excluding carboxylic acids is 1. The van der Waals surface area contributed by atoms with Crippen LogP contribution < -0.4 is 4.74 Å². The van der Waals surface area contributed by atoms with Crippen LogP contribution in [0.25, 0.3) is 23.0 Å². The lowest BCUT2D eigenvalue weighted by Gasteiger charge is -2.13. The van der Waals surface area contributed by atoms with Gasteiger partial charge in [0.2, 0.25) is 0 Å². The molecule has 210 valence electrons. The monoisotopic (exact) mass is 585 g/mol. The van der Waals surface area contributed by atoms with Crippen molar-refractivity contribution < 1.29 is 13.9 Å². The summed E-state index contributed by atoms with van der Waals surface area (Å²) in [6, 6.07) is 23.8. The van der Waals surface area contributed by atoms with Crippen LogP contribution in [0.5, 0.6) is 5.75 Å². The van der Waals surface area contributed by atoms with E-state index in [2.05, 4.69) is 6.92 Å². The van der Waals surface area contributed by atoms with Gasteiger partial charge in [-0.05, 0) is 66.6 Å². The zero-order valence-electron chi connectivity index (χ0n) is 23.0. The van der Waals surface area contributed by atoms with Crippen LogP contribution in [0.1, 0.15) is 50.2 Å². The van der Waals surface area contributed by atoms with Gasteiger partial charge in [0.15, 0.2) is 0 Å². The Morgan fingerprint density at radius 3 is 2.41 bits per heavy atom. The molecule has 1 saturated heterocycles. The number of aromatic nitrogens is 2. The Morgan fingerprint density at radius 2 is 1.68 bits per heavy atom. The van der Waals surface area contributed by atoms with E-state index in [-0.39, 0.29) is 11.7 Å². The summed E-state index contributed by atoms with van der Waals surface area (Å²) in [5, 5.41) is 4.89. The quantitative estimate of drug-likeness (QED) is 0.0949. The number of unbranched alkanes of at least 4 members (excludes halogenated alkanes) is 4. The fourth-order valence-electron chi connectivity index (χ4n) is 4.59. The van der Waals surface area contributed by atoms with Crippen molar-refractivity contribution in [3.05, 3.63) is 107 Å². The molecule has 0 N–H and O–H groups in total. The summed E-state index contributed by atoms with van der Waals surface area (Å²) in [6.07, 6.45) is 9.48. The van der Waals surface area contributed by atoms with Gasteiger partial charge in [-0.1, -0.05) is 86.9 Å². The maximum atomic E-state index is 13.3. The highest BCUT2D eigenvalue weighted by Gasteiger charge is 2.32. The van der Waals surface area contributed by atoms with Gasteiger partial charge >= 0.3 is 0 Å². The van der Waals surface area contributed by atoms with Crippen molar-refractivity contribution >= 4 is 40.3 Å². The van der Waals surface area contributed by atoms with Crippen LogP contribution in [-0.2, 0) is 11.4 Å². The predicted molar refractivity (Wildman–Crippen MR) is 168 cm³/mol. The van der Waals surface area contributed by atoms with E-state index in [0.717, 1.165) is 40.9 Å². The minimum atomic E-state index is -0.270.